The standard InChI is InChI=1S/C13H26N2O2S2/c1-12(2)10-15(7-8-18-12)13(9-14)6-4-5-11(13)19(3,16)17/h11H,4-10,14H2,1-3H3. The fourth-order valence-corrected chi connectivity index (χ4v) is 6.62. The lowest BCUT2D eigenvalue weighted by atomic mass is 9.93. The summed E-state index contributed by atoms with van der Waals surface area (Å²) < 4.78 is 24.4. The zero-order valence-electron chi connectivity index (χ0n) is 12.2. The minimum absolute atomic E-state index is 0.186. The number of nitrogens with two attached hydrogens (primary N) is 1. The number of thioether (sulfide) groups is 1. The minimum atomic E-state index is -3.04. The van der Waals surface area contributed by atoms with Crippen LogP contribution in [0.3, 0.4) is 0 Å². The third kappa shape index (κ3) is 2.96. The van der Waals surface area contributed by atoms with Crippen LogP contribution in [0.15, 0.2) is 0 Å². The lowest BCUT2D eigenvalue weighted by Crippen LogP contribution is -2.64. The predicted octanol–water partition coefficient (Wildman–Crippen LogP) is 1.11. The molecule has 1 heterocycles. The molecule has 2 N–H and O–H groups in total. The molecule has 2 unspecified atom stereocenters. The van der Waals surface area contributed by atoms with Gasteiger partial charge >= 0.3 is 0 Å². The third-order valence-corrected chi connectivity index (χ3v) is 7.61. The minimum Gasteiger partial charge on any atom is -0.329 e. The topological polar surface area (TPSA) is 63.4 Å². The van der Waals surface area contributed by atoms with Gasteiger partial charge in [-0.05, 0) is 26.7 Å². The molecule has 1 aliphatic heterocycles. The van der Waals surface area contributed by atoms with Crippen molar-refractivity contribution in [3.63, 3.8) is 0 Å². The molecule has 6 heteroatoms. The fraction of sp³-hybridized carbons (Fsp3) is 1.00. The molecule has 2 atom stereocenters. The summed E-state index contributed by atoms with van der Waals surface area (Å²) in [5.41, 5.74) is 5.73. The van der Waals surface area contributed by atoms with Gasteiger partial charge in [0.15, 0.2) is 9.84 Å². The summed E-state index contributed by atoms with van der Waals surface area (Å²) in [6, 6.07) is 0. The molecular weight excluding hydrogens is 280 g/mol. The second-order valence-corrected chi connectivity index (χ2v) is 10.6. The lowest BCUT2D eigenvalue weighted by molar-refractivity contribution is 0.0956. The Bertz CT molecular complexity index is 436. The number of nitrogens with zero attached hydrogens (tertiary/aromatic N) is 1. The van der Waals surface area contributed by atoms with E-state index in [1.807, 2.05) is 11.8 Å². The maximum Gasteiger partial charge on any atom is 0.152 e. The maximum absolute atomic E-state index is 12.1. The van der Waals surface area contributed by atoms with E-state index >= 15 is 0 Å². The number of hydrogen-bond acceptors (Lipinski definition) is 5. The highest BCUT2D eigenvalue weighted by molar-refractivity contribution is 8.00. The number of sulfone groups is 1. The molecule has 2 aliphatic rings. The van der Waals surface area contributed by atoms with Crippen molar-refractivity contribution >= 4 is 21.6 Å². The van der Waals surface area contributed by atoms with Crippen LogP contribution in [-0.2, 0) is 9.84 Å². The van der Waals surface area contributed by atoms with Crippen LogP contribution in [0.5, 0.6) is 0 Å². The van der Waals surface area contributed by atoms with E-state index in [4.69, 9.17) is 5.73 Å². The largest absolute Gasteiger partial charge is 0.329 e. The van der Waals surface area contributed by atoms with Gasteiger partial charge in [-0.25, -0.2) is 8.42 Å². The van der Waals surface area contributed by atoms with Crippen molar-refractivity contribution in [3.8, 4) is 0 Å². The summed E-state index contributed by atoms with van der Waals surface area (Å²) in [5.74, 6) is 1.06. The highest BCUT2D eigenvalue weighted by Crippen LogP contribution is 2.42. The van der Waals surface area contributed by atoms with E-state index in [9.17, 15) is 8.42 Å². The zero-order chi connectivity index (χ0) is 14.3. The van der Waals surface area contributed by atoms with E-state index in [2.05, 4.69) is 18.7 Å². The number of rotatable bonds is 3. The molecule has 19 heavy (non-hydrogen) atoms. The molecule has 0 amide bonds. The van der Waals surface area contributed by atoms with Crippen LogP contribution in [0, 0.1) is 0 Å². The van der Waals surface area contributed by atoms with Crippen LogP contribution in [0.4, 0.5) is 0 Å². The predicted molar refractivity (Wildman–Crippen MR) is 82.4 cm³/mol. The molecular formula is C13H26N2O2S2. The van der Waals surface area contributed by atoms with E-state index in [0.717, 1.165) is 38.1 Å². The molecule has 0 spiro atoms. The van der Waals surface area contributed by atoms with Crippen LogP contribution >= 0.6 is 11.8 Å². The van der Waals surface area contributed by atoms with Crippen molar-refractivity contribution in [1.29, 1.82) is 0 Å². The average molecular weight is 306 g/mol. The van der Waals surface area contributed by atoms with Crippen LogP contribution in [-0.4, -0.2) is 60.5 Å². The Balaban J connectivity index is 2.31. The molecule has 1 saturated heterocycles. The van der Waals surface area contributed by atoms with Gasteiger partial charge in [0.2, 0.25) is 0 Å². The molecule has 0 aromatic carbocycles. The molecule has 0 radical (unpaired) electrons. The van der Waals surface area contributed by atoms with Gasteiger partial charge in [0.05, 0.1) is 5.25 Å². The van der Waals surface area contributed by atoms with Crippen molar-refractivity contribution in [2.45, 2.75) is 48.6 Å². The fourth-order valence-electron chi connectivity index (χ4n) is 3.76. The van der Waals surface area contributed by atoms with Gasteiger partial charge in [0.25, 0.3) is 0 Å². The molecule has 2 fully saturated rings. The van der Waals surface area contributed by atoms with Crippen molar-refractivity contribution in [3.05, 3.63) is 0 Å². The van der Waals surface area contributed by atoms with Crippen molar-refractivity contribution in [1.82, 2.24) is 4.90 Å². The Labute approximate surface area is 121 Å². The first kappa shape index (κ1) is 15.6. The maximum atomic E-state index is 12.1. The first-order chi connectivity index (χ1) is 8.71. The Kier molecular flexibility index (Phi) is 4.27. The van der Waals surface area contributed by atoms with E-state index in [-0.39, 0.29) is 15.5 Å². The Morgan fingerprint density at radius 2 is 2.11 bits per heavy atom. The molecule has 0 aromatic rings. The molecule has 4 nitrogen and oxygen atoms in total. The molecule has 0 aromatic heterocycles. The van der Waals surface area contributed by atoms with Crippen LogP contribution in [0.25, 0.3) is 0 Å². The van der Waals surface area contributed by atoms with Gasteiger partial charge in [-0.15, -0.1) is 0 Å². The second-order valence-electron chi connectivity index (χ2n) is 6.55. The van der Waals surface area contributed by atoms with Crippen molar-refractivity contribution < 1.29 is 8.42 Å². The summed E-state index contributed by atoms with van der Waals surface area (Å²) in [7, 11) is -3.04. The first-order valence-corrected chi connectivity index (χ1v) is 9.93. The van der Waals surface area contributed by atoms with E-state index in [1.165, 1.54) is 6.26 Å². The van der Waals surface area contributed by atoms with Gasteiger partial charge in [-0.1, -0.05) is 6.42 Å². The van der Waals surface area contributed by atoms with E-state index in [0.29, 0.717) is 6.54 Å². The normalized spacial score (nSPS) is 36.5. The summed E-state index contributed by atoms with van der Waals surface area (Å²) in [4.78, 5) is 2.38. The molecule has 112 valence electrons. The average Bonchev–Trinajstić information content (AvgIpc) is 2.72. The lowest BCUT2D eigenvalue weighted by Gasteiger charge is -2.49. The summed E-state index contributed by atoms with van der Waals surface area (Å²) in [5, 5.41) is -0.288. The highest BCUT2D eigenvalue weighted by Gasteiger charge is 2.52. The zero-order valence-corrected chi connectivity index (χ0v) is 13.8. The third-order valence-electron chi connectivity index (χ3n) is 4.60. The van der Waals surface area contributed by atoms with Gasteiger partial charge < -0.3 is 5.73 Å². The monoisotopic (exact) mass is 306 g/mol. The van der Waals surface area contributed by atoms with E-state index in [1.54, 1.807) is 0 Å². The van der Waals surface area contributed by atoms with Gasteiger partial charge in [0.1, 0.15) is 0 Å². The molecule has 1 aliphatic carbocycles. The summed E-state index contributed by atoms with van der Waals surface area (Å²) >= 11 is 1.97. The van der Waals surface area contributed by atoms with Crippen LogP contribution in [0.1, 0.15) is 33.1 Å². The second kappa shape index (κ2) is 5.20. The summed E-state index contributed by atoms with van der Waals surface area (Å²) in [6.45, 7) is 6.81. The van der Waals surface area contributed by atoms with Crippen LogP contribution < -0.4 is 5.73 Å². The first-order valence-electron chi connectivity index (χ1n) is 6.99. The van der Waals surface area contributed by atoms with Crippen molar-refractivity contribution in [2.75, 3.05) is 31.6 Å². The highest BCUT2D eigenvalue weighted by atomic mass is 32.2. The molecule has 2 rings (SSSR count). The van der Waals surface area contributed by atoms with E-state index < -0.39 is 9.84 Å². The van der Waals surface area contributed by atoms with Crippen molar-refractivity contribution in [2.24, 2.45) is 5.73 Å². The summed E-state index contributed by atoms with van der Waals surface area (Å²) in [6.07, 6.45) is 4.03. The van der Waals surface area contributed by atoms with Crippen LogP contribution in [0.2, 0.25) is 0 Å². The Hall–Kier alpha value is 0.220. The Morgan fingerprint density at radius 1 is 1.42 bits per heavy atom. The SMILES string of the molecule is CC1(C)CN(C2(CN)CCCC2S(C)(=O)=O)CCS1. The van der Waals surface area contributed by atoms with Gasteiger partial charge in [-0.2, -0.15) is 11.8 Å². The quantitative estimate of drug-likeness (QED) is 0.846. The molecule has 1 saturated carbocycles. The smallest absolute Gasteiger partial charge is 0.152 e. The van der Waals surface area contributed by atoms with Gasteiger partial charge in [-0.3, -0.25) is 4.90 Å². The van der Waals surface area contributed by atoms with Gasteiger partial charge in [0, 0.05) is 41.9 Å². The molecule has 0 bridgehead atoms. The number of hydrogen-bond donors (Lipinski definition) is 1. The Morgan fingerprint density at radius 3 is 2.63 bits per heavy atom.